The smallest absolute Gasteiger partial charge is 0.364 e. The Labute approximate surface area is 220 Å². The molecule has 1 fully saturated rings. The molecule has 0 radical (unpaired) electrons. The average molecular weight is 533 g/mol. The van der Waals surface area contributed by atoms with Crippen LogP contribution in [-0.2, 0) is 27.7 Å². The van der Waals surface area contributed by atoms with Crippen LogP contribution in [0.25, 0.3) is 0 Å². The highest BCUT2D eigenvalue weighted by molar-refractivity contribution is 5.82. The van der Waals surface area contributed by atoms with Crippen LogP contribution < -0.4 is 5.73 Å². The minimum Gasteiger partial charge on any atom is -0.364 e. The first-order valence-corrected chi connectivity index (χ1v) is 12.9. The zero-order chi connectivity index (χ0) is 28.1. The zero-order valence-electron chi connectivity index (χ0n) is 21.7. The van der Waals surface area contributed by atoms with E-state index in [0.29, 0.717) is 38.2 Å². The van der Waals surface area contributed by atoms with Crippen molar-refractivity contribution in [1.29, 1.82) is 5.26 Å². The SMILES string of the molecule is CC(C)[C@@](C#N)(CCCCC(=O)[N@@+]1(Cc2cc(F)cc(C(F)(F)F)c2)CCCC1C(N)=O)c1ccccc1. The van der Waals surface area contributed by atoms with Crippen molar-refractivity contribution in [3.05, 3.63) is 71.0 Å². The van der Waals surface area contributed by atoms with E-state index in [1.54, 1.807) is 0 Å². The van der Waals surface area contributed by atoms with Gasteiger partial charge in [0.25, 0.3) is 5.91 Å². The number of hydrogen-bond acceptors (Lipinski definition) is 3. The molecule has 9 heteroatoms. The van der Waals surface area contributed by atoms with Gasteiger partial charge in [0.05, 0.1) is 30.0 Å². The molecule has 2 amide bonds. The molecule has 1 unspecified atom stereocenters. The van der Waals surface area contributed by atoms with Crippen LogP contribution in [0.2, 0.25) is 0 Å². The van der Waals surface area contributed by atoms with Crippen LogP contribution in [-0.4, -0.2) is 28.9 Å². The van der Waals surface area contributed by atoms with E-state index < -0.39 is 39.4 Å². The van der Waals surface area contributed by atoms with Gasteiger partial charge < -0.3 is 5.73 Å². The van der Waals surface area contributed by atoms with Crippen LogP contribution in [0.4, 0.5) is 17.6 Å². The normalized spacial score (nSPS) is 21.2. The minimum absolute atomic E-state index is 0.00814. The molecule has 1 heterocycles. The van der Waals surface area contributed by atoms with Crippen LogP contribution in [0.3, 0.4) is 0 Å². The largest absolute Gasteiger partial charge is 0.416 e. The second kappa shape index (κ2) is 11.6. The van der Waals surface area contributed by atoms with E-state index in [1.165, 1.54) is 0 Å². The molecule has 2 aromatic carbocycles. The fourth-order valence-electron chi connectivity index (χ4n) is 5.82. The van der Waals surface area contributed by atoms with Crippen molar-refractivity contribution in [1.82, 2.24) is 0 Å². The second-order valence-corrected chi connectivity index (χ2v) is 10.5. The van der Waals surface area contributed by atoms with Gasteiger partial charge in [-0.3, -0.25) is 4.79 Å². The molecule has 2 N–H and O–H groups in total. The van der Waals surface area contributed by atoms with Gasteiger partial charge in [0.2, 0.25) is 0 Å². The molecular weight excluding hydrogens is 498 g/mol. The van der Waals surface area contributed by atoms with Crippen molar-refractivity contribution in [2.24, 2.45) is 11.7 Å². The third-order valence-electron chi connectivity index (χ3n) is 7.89. The molecule has 2 aromatic rings. The van der Waals surface area contributed by atoms with Crippen molar-refractivity contribution in [3.63, 3.8) is 0 Å². The molecule has 38 heavy (non-hydrogen) atoms. The van der Waals surface area contributed by atoms with E-state index >= 15 is 0 Å². The first-order chi connectivity index (χ1) is 17.9. The van der Waals surface area contributed by atoms with Gasteiger partial charge in [-0.1, -0.05) is 50.6 Å². The van der Waals surface area contributed by atoms with Crippen LogP contribution >= 0.6 is 0 Å². The van der Waals surface area contributed by atoms with Crippen molar-refractivity contribution >= 4 is 11.8 Å². The Bertz CT molecular complexity index is 1190. The van der Waals surface area contributed by atoms with Gasteiger partial charge in [-0.15, -0.1) is 0 Å². The first kappa shape index (κ1) is 29.3. The lowest BCUT2D eigenvalue weighted by Crippen LogP contribution is -2.59. The highest BCUT2D eigenvalue weighted by Crippen LogP contribution is 2.38. The number of primary amides is 1. The first-order valence-electron chi connectivity index (χ1n) is 12.9. The Morgan fingerprint density at radius 1 is 1.11 bits per heavy atom. The Morgan fingerprint density at radius 2 is 1.79 bits per heavy atom. The fraction of sp³-hybridized carbons (Fsp3) is 0.483. The van der Waals surface area contributed by atoms with E-state index in [9.17, 15) is 32.4 Å². The summed E-state index contributed by atoms with van der Waals surface area (Å²) in [6, 6.07) is 13.3. The van der Waals surface area contributed by atoms with Gasteiger partial charge in [0.15, 0.2) is 6.04 Å². The van der Waals surface area contributed by atoms with Crippen molar-refractivity contribution < 1.29 is 31.6 Å². The molecule has 3 rings (SSSR count). The van der Waals surface area contributed by atoms with Gasteiger partial charge in [0, 0.05) is 18.4 Å². The van der Waals surface area contributed by atoms with E-state index in [2.05, 4.69) is 6.07 Å². The number of alkyl halides is 3. The maximum atomic E-state index is 14.1. The van der Waals surface area contributed by atoms with Crippen LogP contribution in [0.15, 0.2) is 48.5 Å². The van der Waals surface area contributed by atoms with Crippen molar-refractivity contribution in [2.75, 3.05) is 6.54 Å². The number of benzene rings is 2. The van der Waals surface area contributed by atoms with Gasteiger partial charge in [-0.2, -0.15) is 18.4 Å². The van der Waals surface area contributed by atoms with E-state index in [-0.39, 0.29) is 36.9 Å². The van der Waals surface area contributed by atoms with Gasteiger partial charge >= 0.3 is 12.1 Å². The Balaban J connectivity index is 1.81. The Kier molecular flexibility index (Phi) is 8.98. The van der Waals surface area contributed by atoms with Crippen molar-refractivity contribution in [3.8, 4) is 6.07 Å². The molecule has 0 bridgehead atoms. The molecule has 5 nitrogen and oxygen atoms in total. The standard InChI is InChI=1S/C29H33F4N3O2/c1-20(2)28(19-34,22-9-4-3-5-10-22)13-7-6-12-26(37)36(14-8-11-25(36)27(35)38)18-21-15-23(29(31,32)33)17-24(30)16-21/h3-5,9-10,15-17,20,25H,6-8,11-14,18H2,1-2H3,(H-,35,38)/p+1/t25?,28-,36+/m0/s1. The maximum absolute atomic E-state index is 14.1. The summed E-state index contributed by atoms with van der Waals surface area (Å²) in [5, 5.41) is 10.1. The van der Waals surface area contributed by atoms with Gasteiger partial charge in [-0.25, -0.2) is 13.7 Å². The maximum Gasteiger partial charge on any atom is 0.416 e. The number of carbonyl (C=O) groups is 2. The number of nitrogens with two attached hydrogens (primary N) is 1. The Morgan fingerprint density at radius 3 is 2.37 bits per heavy atom. The third-order valence-corrected chi connectivity index (χ3v) is 7.89. The highest BCUT2D eigenvalue weighted by Gasteiger charge is 2.50. The predicted octanol–water partition coefficient (Wildman–Crippen LogP) is 6.01. The quantitative estimate of drug-likeness (QED) is 0.231. The third kappa shape index (κ3) is 6.07. The van der Waals surface area contributed by atoms with E-state index in [1.807, 2.05) is 44.2 Å². The lowest BCUT2D eigenvalue weighted by atomic mass is 9.69. The van der Waals surface area contributed by atoms with Gasteiger partial charge in [-0.05, 0) is 42.5 Å². The summed E-state index contributed by atoms with van der Waals surface area (Å²) in [6.07, 6.45) is -2.32. The summed E-state index contributed by atoms with van der Waals surface area (Å²) in [6.45, 7) is 3.96. The lowest BCUT2D eigenvalue weighted by molar-refractivity contribution is -0.871. The summed E-state index contributed by atoms with van der Waals surface area (Å²) in [5.74, 6) is -2.04. The zero-order valence-corrected chi connectivity index (χ0v) is 21.7. The topological polar surface area (TPSA) is 83.9 Å². The molecule has 1 aliphatic heterocycles. The second-order valence-electron chi connectivity index (χ2n) is 10.5. The number of nitrogens with zero attached hydrogens (tertiary/aromatic N) is 2. The van der Waals surface area contributed by atoms with Crippen molar-refractivity contribution in [2.45, 2.75) is 76.6 Å². The summed E-state index contributed by atoms with van der Waals surface area (Å²) < 4.78 is 53.6. The number of nitriles is 1. The number of quaternary nitrogens is 1. The fourth-order valence-corrected chi connectivity index (χ4v) is 5.82. The van der Waals surface area contributed by atoms with Gasteiger partial charge in [0.1, 0.15) is 12.4 Å². The highest BCUT2D eigenvalue weighted by atomic mass is 19.4. The molecular formula is C29H34F4N3O2+. The van der Waals surface area contributed by atoms with E-state index in [4.69, 9.17) is 5.73 Å². The molecule has 0 saturated carbocycles. The molecule has 0 aliphatic carbocycles. The van der Waals surface area contributed by atoms with E-state index in [0.717, 1.165) is 17.7 Å². The molecule has 1 aliphatic rings. The molecule has 1 saturated heterocycles. The number of hydrogen-bond donors (Lipinski definition) is 1. The summed E-state index contributed by atoms with van der Waals surface area (Å²) in [7, 11) is 0. The van der Waals surface area contributed by atoms with Crippen LogP contribution in [0.1, 0.15) is 69.1 Å². The number of amides is 2. The monoisotopic (exact) mass is 532 g/mol. The van der Waals surface area contributed by atoms with Crippen LogP contribution in [0, 0.1) is 23.1 Å². The average Bonchev–Trinajstić information content (AvgIpc) is 3.28. The predicted molar refractivity (Wildman–Crippen MR) is 134 cm³/mol. The number of halogens is 4. The number of carbonyl (C=O) groups excluding carboxylic acids is 2. The Hall–Kier alpha value is -3.25. The molecule has 3 atom stereocenters. The van der Waals surface area contributed by atoms with Crippen LogP contribution in [0.5, 0.6) is 0 Å². The summed E-state index contributed by atoms with van der Waals surface area (Å²) in [4.78, 5) is 25.9. The number of likely N-dealkylation sites (tertiary alicyclic amines) is 1. The molecule has 0 aromatic heterocycles. The number of rotatable bonds is 10. The molecule has 0 spiro atoms. The summed E-state index contributed by atoms with van der Waals surface area (Å²) >= 11 is 0. The number of unbranched alkanes of at least 4 members (excludes halogenated alkanes) is 1. The molecule has 204 valence electrons. The lowest BCUT2D eigenvalue weighted by Gasteiger charge is -2.36. The summed E-state index contributed by atoms with van der Waals surface area (Å²) in [5.41, 5.74) is 4.66. The minimum atomic E-state index is -4.75.